The van der Waals surface area contributed by atoms with Crippen LogP contribution in [0.25, 0.3) is 22.2 Å². The standard InChI is InChI=1S/C19H20N4/c1-14-13-23(12-11-20-14)19-21-17-10-6-5-9-16(17)18(22-19)15-7-3-2-4-8-15/h2-10,14,20H,11-13H2,1H3/t14-/m1/s1. The summed E-state index contributed by atoms with van der Waals surface area (Å²) in [4.78, 5) is 12.0. The summed E-state index contributed by atoms with van der Waals surface area (Å²) >= 11 is 0. The number of rotatable bonds is 2. The number of nitrogens with zero attached hydrogens (tertiary/aromatic N) is 3. The Kier molecular flexibility index (Phi) is 3.67. The van der Waals surface area contributed by atoms with Gasteiger partial charge in [-0.25, -0.2) is 9.97 Å². The molecule has 4 heteroatoms. The number of hydrogen-bond acceptors (Lipinski definition) is 4. The van der Waals surface area contributed by atoms with Gasteiger partial charge in [0.15, 0.2) is 0 Å². The zero-order chi connectivity index (χ0) is 15.6. The van der Waals surface area contributed by atoms with Crippen LogP contribution in [0.5, 0.6) is 0 Å². The van der Waals surface area contributed by atoms with Gasteiger partial charge in [0.25, 0.3) is 0 Å². The van der Waals surface area contributed by atoms with Crippen molar-refractivity contribution in [1.29, 1.82) is 0 Å². The van der Waals surface area contributed by atoms with Crippen LogP contribution in [0, 0.1) is 0 Å². The Morgan fingerprint density at radius 1 is 1.00 bits per heavy atom. The maximum absolute atomic E-state index is 4.92. The van der Waals surface area contributed by atoms with Crippen LogP contribution in [0.2, 0.25) is 0 Å². The van der Waals surface area contributed by atoms with E-state index in [1.165, 1.54) is 0 Å². The Balaban J connectivity index is 1.87. The molecule has 0 bridgehead atoms. The minimum atomic E-state index is 0.457. The lowest BCUT2D eigenvalue weighted by atomic mass is 10.1. The van der Waals surface area contributed by atoms with Gasteiger partial charge in [0.1, 0.15) is 0 Å². The van der Waals surface area contributed by atoms with Crippen molar-refractivity contribution in [2.45, 2.75) is 13.0 Å². The minimum absolute atomic E-state index is 0.457. The highest BCUT2D eigenvalue weighted by molar-refractivity contribution is 5.93. The van der Waals surface area contributed by atoms with Gasteiger partial charge in [0, 0.05) is 36.6 Å². The molecule has 1 saturated heterocycles. The van der Waals surface area contributed by atoms with E-state index in [9.17, 15) is 0 Å². The maximum Gasteiger partial charge on any atom is 0.226 e. The Hall–Kier alpha value is -2.46. The molecular formula is C19H20N4. The van der Waals surface area contributed by atoms with Crippen LogP contribution in [-0.2, 0) is 0 Å². The zero-order valence-electron chi connectivity index (χ0n) is 13.2. The number of benzene rings is 2. The average molecular weight is 304 g/mol. The predicted molar refractivity (Wildman–Crippen MR) is 94.7 cm³/mol. The van der Waals surface area contributed by atoms with Crippen LogP contribution in [-0.4, -0.2) is 35.6 Å². The lowest BCUT2D eigenvalue weighted by Gasteiger charge is -2.32. The lowest BCUT2D eigenvalue weighted by Crippen LogP contribution is -2.49. The monoisotopic (exact) mass is 304 g/mol. The highest BCUT2D eigenvalue weighted by Crippen LogP contribution is 2.28. The molecule has 0 amide bonds. The first kappa shape index (κ1) is 14.2. The van der Waals surface area contributed by atoms with Gasteiger partial charge in [0.05, 0.1) is 11.2 Å². The molecular weight excluding hydrogens is 284 g/mol. The van der Waals surface area contributed by atoms with Crippen LogP contribution < -0.4 is 10.2 Å². The fourth-order valence-corrected chi connectivity index (χ4v) is 3.14. The molecule has 2 heterocycles. The molecule has 4 rings (SSSR count). The first-order valence-electron chi connectivity index (χ1n) is 8.12. The molecule has 2 aromatic carbocycles. The highest BCUT2D eigenvalue weighted by Gasteiger charge is 2.19. The largest absolute Gasteiger partial charge is 0.338 e. The van der Waals surface area contributed by atoms with Crippen molar-refractivity contribution in [2.75, 3.05) is 24.5 Å². The molecule has 0 saturated carbocycles. The predicted octanol–water partition coefficient (Wildman–Crippen LogP) is 3.09. The number of piperazine rings is 1. The second kappa shape index (κ2) is 5.97. The number of hydrogen-bond donors (Lipinski definition) is 1. The third kappa shape index (κ3) is 2.78. The van der Waals surface area contributed by atoms with Gasteiger partial charge < -0.3 is 10.2 Å². The summed E-state index contributed by atoms with van der Waals surface area (Å²) in [5.41, 5.74) is 3.15. The fourth-order valence-electron chi connectivity index (χ4n) is 3.14. The molecule has 0 aliphatic carbocycles. The summed E-state index contributed by atoms with van der Waals surface area (Å²) in [5, 5.41) is 4.57. The molecule has 4 nitrogen and oxygen atoms in total. The number of aromatic nitrogens is 2. The van der Waals surface area contributed by atoms with E-state index in [2.05, 4.69) is 53.5 Å². The fraction of sp³-hybridized carbons (Fsp3) is 0.263. The van der Waals surface area contributed by atoms with Crippen LogP contribution in [0.3, 0.4) is 0 Å². The maximum atomic E-state index is 4.92. The van der Waals surface area contributed by atoms with E-state index in [-0.39, 0.29) is 0 Å². The third-order valence-electron chi connectivity index (χ3n) is 4.29. The van der Waals surface area contributed by atoms with Crippen LogP contribution in [0.1, 0.15) is 6.92 Å². The van der Waals surface area contributed by atoms with E-state index in [0.717, 1.165) is 47.7 Å². The second-order valence-electron chi connectivity index (χ2n) is 6.06. The molecule has 0 unspecified atom stereocenters. The van der Waals surface area contributed by atoms with E-state index in [1.54, 1.807) is 0 Å². The normalized spacial score (nSPS) is 18.3. The molecule has 1 N–H and O–H groups in total. The van der Waals surface area contributed by atoms with Crippen LogP contribution in [0.15, 0.2) is 54.6 Å². The molecule has 23 heavy (non-hydrogen) atoms. The third-order valence-corrected chi connectivity index (χ3v) is 4.29. The number of para-hydroxylation sites is 1. The van der Waals surface area contributed by atoms with Crippen molar-refractivity contribution in [1.82, 2.24) is 15.3 Å². The van der Waals surface area contributed by atoms with E-state index in [1.807, 2.05) is 18.2 Å². The molecule has 1 aromatic heterocycles. The Morgan fingerprint density at radius 2 is 1.78 bits per heavy atom. The summed E-state index contributed by atoms with van der Waals surface area (Å²) in [7, 11) is 0. The van der Waals surface area contributed by atoms with E-state index in [0.29, 0.717) is 6.04 Å². The summed E-state index contributed by atoms with van der Waals surface area (Å²) in [6, 6.07) is 19.1. The van der Waals surface area contributed by atoms with E-state index >= 15 is 0 Å². The Bertz CT molecular complexity index is 816. The number of fused-ring (bicyclic) bond motifs is 1. The van der Waals surface area contributed by atoms with Gasteiger partial charge in [-0.15, -0.1) is 0 Å². The molecule has 3 aromatic rings. The first-order valence-corrected chi connectivity index (χ1v) is 8.12. The topological polar surface area (TPSA) is 41.1 Å². The average Bonchev–Trinajstić information content (AvgIpc) is 2.61. The van der Waals surface area contributed by atoms with Crippen LogP contribution >= 0.6 is 0 Å². The van der Waals surface area contributed by atoms with Crippen molar-refractivity contribution in [3.05, 3.63) is 54.6 Å². The minimum Gasteiger partial charge on any atom is -0.338 e. The second-order valence-corrected chi connectivity index (χ2v) is 6.06. The molecule has 1 aliphatic heterocycles. The quantitative estimate of drug-likeness (QED) is 0.790. The van der Waals surface area contributed by atoms with Gasteiger partial charge in [-0.1, -0.05) is 48.5 Å². The van der Waals surface area contributed by atoms with Gasteiger partial charge in [-0.3, -0.25) is 0 Å². The SMILES string of the molecule is C[C@@H]1CN(c2nc(-c3ccccc3)c3ccccc3n2)CCN1. The number of anilines is 1. The number of nitrogens with one attached hydrogen (secondary N) is 1. The molecule has 1 aliphatic rings. The lowest BCUT2D eigenvalue weighted by molar-refractivity contribution is 0.480. The van der Waals surface area contributed by atoms with Gasteiger partial charge in [-0.2, -0.15) is 0 Å². The molecule has 1 fully saturated rings. The summed E-state index contributed by atoms with van der Waals surface area (Å²) in [6.45, 7) is 5.05. The van der Waals surface area contributed by atoms with Gasteiger partial charge >= 0.3 is 0 Å². The zero-order valence-corrected chi connectivity index (χ0v) is 13.2. The summed E-state index contributed by atoms with van der Waals surface area (Å²) in [5.74, 6) is 0.830. The van der Waals surface area contributed by atoms with Crippen molar-refractivity contribution in [3.63, 3.8) is 0 Å². The molecule has 1 atom stereocenters. The van der Waals surface area contributed by atoms with Crippen LogP contribution in [0.4, 0.5) is 5.95 Å². The summed E-state index contributed by atoms with van der Waals surface area (Å²) < 4.78 is 0. The Labute approximate surface area is 136 Å². The first-order chi connectivity index (χ1) is 11.3. The Morgan fingerprint density at radius 3 is 2.61 bits per heavy atom. The van der Waals surface area contributed by atoms with Crippen molar-refractivity contribution < 1.29 is 0 Å². The van der Waals surface area contributed by atoms with E-state index in [4.69, 9.17) is 9.97 Å². The highest BCUT2D eigenvalue weighted by atomic mass is 15.3. The summed E-state index contributed by atoms with van der Waals surface area (Å²) in [6.07, 6.45) is 0. The van der Waals surface area contributed by atoms with E-state index < -0.39 is 0 Å². The van der Waals surface area contributed by atoms with Crippen molar-refractivity contribution in [2.24, 2.45) is 0 Å². The molecule has 0 spiro atoms. The van der Waals surface area contributed by atoms with Gasteiger partial charge in [0.2, 0.25) is 5.95 Å². The van der Waals surface area contributed by atoms with Crippen molar-refractivity contribution in [3.8, 4) is 11.3 Å². The smallest absolute Gasteiger partial charge is 0.226 e. The van der Waals surface area contributed by atoms with Crippen molar-refractivity contribution >= 4 is 16.9 Å². The molecule has 0 radical (unpaired) electrons. The molecule has 116 valence electrons. The van der Waals surface area contributed by atoms with Gasteiger partial charge in [-0.05, 0) is 13.0 Å².